The summed E-state index contributed by atoms with van der Waals surface area (Å²) in [6, 6.07) is 17.9. The summed E-state index contributed by atoms with van der Waals surface area (Å²) in [4.78, 5) is 24.5. The van der Waals surface area contributed by atoms with Crippen molar-refractivity contribution in [2.24, 2.45) is 5.14 Å². The molecule has 8 heteroatoms. The molecule has 0 bridgehead atoms. The summed E-state index contributed by atoms with van der Waals surface area (Å²) in [5, 5.41) is 7.71. The first-order valence-electron chi connectivity index (χ1n) is 8.34. The number of amides is 1. The molecule has 2 aromatic carbocycles. The van der Waals surface area contributed by atoms with Gasteiger partial charge < -0.3 is 5.32 Å². The summed E-state index contributed by atoms with van der Waals surface area (Å²) in [7, 11) is -3.84. The number of rotatable bonds is 6. The number of nitrogens with two attached hydrogens (primary N) is 1. The van der Waals surface area contributed by atoms with Crippen LogP contribution < -0.4 is 15.0 Å². The summed E-state index contributed by atoms with van der Waals surface area (Å²) >= 11 is 0. The minimum atomic E-state index is -3.84. The van der Waals surface area contributed by atoms with Crippen LogP contribution in [0.15, 0.2) is 84.0 Å². The van der Waals surface area contributed by atoms with Gasteiger partial charge in [-0.3, -0.25) is 9.59 Å². The molecule has 28 heavy (non-hydrogen) atoms. The first-order valence-corrected chi connectivity index (χ1v) is 9.89. The second-order valence-corrected chi connectivity index (χ2v) is 7.64. The average molecular weight is 396 g/mol. The maximum absolute atomic E-state index is 12.4. The Balaban J connectivity index is 1.66. The third kappa shape index (κ3) is 4.87. The third-order valence-electron chi connectivity index (χ3n) is 3.96. The smallest absolute Gasteiger partial charge is 0.290 e. The van der Waals surface area contributed by atoms with Gasteiger partial charge in [0.05, 0.1) is 4.90 Å². The summed E-state index contributed by atoms with van der Waals surface area (Å²) in [5.74, 6) is -0.448. The van der Waals surface area contributed by atoms with E-state index in [1.807, 2.05) is 6.07 Å². The number of carbonyl (C=O) groups is 2. The van der Waals surface area contributed by atoms with Gasteiger partial charge in [-0.2, -0.15) is 4.57 Å². The molecule has 0 saturated carbocycles. The Hall–Kier alpha value is -3.36. The highest BCUT2D eigenvalue weighted by molar-refractivity contribution is 7.89. The molecular formula is C20H18N3O4S+. The molecule has 1 heterocycles. The van der Waals surface area contributed by atoms with E-state index in [1.165, 1.54) is 18.2 Å². The molecule has 0 saturated heterocycles. The predicted molar refractivity (Wildman–Crippen MR) is 103 cm³/mol. The lowest BCUT2D eigenvalue weighted by Crippen LogP contribution is -2.39. The number of hydrogen-bond donors (Lipinski definition) is 2. The van der Waals surface area contributed by atoms with Gasteiger partial charge in [-0.1, -0.05) is 36.4 Å². The zero-order valence-electron chi connectivity index (χ0n) is 14.8. The highest BCUT2D eigenvalue weighted by atomic mass is 32.2. The molecule has 0 radical (unpaired) electrons. The van der Waals surface area contributed by atoms with Crippen LogP contribution in [0.5, 0.6) is 0 Å². The summed E-state index contributed by atoms with van der Waals surface area (Å²) < 4.78 is 24.4. The molecule has 0 unspecified atom stereocenters. The van der Waals surface area contributed by atoms with E-state index in [0.717, 1.165) is 0 Å². The molecule has 7 nitrogen and oxygen atoms in total. The van der Waals surface area contributed by atoms with Crippen molar-refractivity contribution in [2.75, 3.05) is 5.32 Å². The Morgan fingerprint density at radius 2 is 1.54 bits per heavy atom. The number of aromatic nitrogens is 1. The molecule has 1 aromatic heterocycles. The van der Waals surface area contributed by atoms with Gasteiger partial charge in [0.1, 0.15) is 0 Å². The quantitative estimate of drug-likeness (QED) is 0.486. The molecule has 3 aromatic rings. The van der Waals surface area contributed by atoms with E-state index in [9.17, 15) is 18.0 Å². The van der Waals surface area contributed by atoms with Gasteiger partial charge in [0.25, 0.3) is 5.91 Å². The van der Waals surface area contributed by atoms with Crippen molar-refractivity contribution in [3.63, 3.8) is 0 Å². The fraction of sp³-hybridized carbons (Fsp3) is 0.0500. The van der Waals surface area contributed by atoms with Crippen molar-refractivity contribution in [3.8, 4) is 0 Å². The van der Waals surface area contributed by atoms with Crippen LogP contribution in [0.25, 0.3) is 0 Å². The topological polar surface area (TPSA) is 110 Å². The summed E-state index contributed by atoms with van der Waals surface area (Å²) in [6.07, 6.45) is 3.27. The maximum atomic E-state index is 12.4. The van der Waals surface area contributed by atoms with E-state index in [2.05, 4.69) is 5.32 Å². The van der Waals surface area contributed by atoms with E-state index < -0.39 is 10.0 Å². The molecule has 0 atom stereocenters. The van der Waals surface area contributed by atoms with Crippen LogP contribution in [0.1, 0.15) is 15.9 Å². The van der Waals surface area contributed by atoms with Gasteiger partial charge >= 0.3 is 0 Å². The molecule has 0 aliphatic rings. The van der Waals surface area contributed by atoms with Crippen molar-refractivity contribution in [1.82, 2.24) is 0 Å². The zero-order valence-corrected chi connectivity index (χ0v) is 15.6. The third-order valence-corrected chi connectivity index (χ3v) is 4.87. The number of hydrogen-bond acceptors (Lipinski definition) is 4. The molecular weight excluding hydrogens is 378 g/mol. The van der Waals surface area contributed by atoms with Gasteiger partial charge in [-0.25, -0.2) is 13.6 Å². The Morgan fingerprint density at radius 1 is 0.893 bits per heavy atom. The lowest BCUT2D eigenvalue weighted by molar-refractivity contribution is -0.684. The minimum Gasteiger partial charge on any atom is -0.321 e. The van der Waals surface area contributed by atoms with Crippen molar-refractivity contribution >= 4 is 27.4 Å². The van der Waals surface area contributed by atoms with Crippen LogP contribution in [0.2, 0.25) is 0 Å². The average Bonchev–Trinajstić information content (AvgIpc) is 2.68. The minimum absolute atomic E-state index is 0.000585. The van der Waals surface area contributed by atoms with Gasteiger partial charge in [-0.15, -0.1) is 0 Å². The number of anilines is 1. The maximum Gasteiger partial charge on any atom is 0.290 e. The lowest BCUT2D eigenvalue weighted by Gasteiger charge is -2.05. The number of carbonyl (C=O) groups excluding carboxylic acids is 2. The predicted octanol–water partition coefficient (Wildman–Crippen LogP) is 1.49. The van der Waals surface area contributed by atoms with E-state index in [-0.39, 0.29) is 23.1 Å². The number of pyridine rings is 1. The van der Waals surface area contributed by atoms with Gasteiger partial charge in [-0.05, 0) is 18.2 Å². The molecule has 0 aliphatic heterocycles. The Kier molecular flexibility index (Phi) is 5.62. The molecule has 3 rings (SSSR count). The van der Waals surface area contributed by atoms with E-state index in [0.29, 0.717) is 16.8 Å². The van der Waals surface area contributed by atoms with Crippen LogP contribution in [0.3, 0.4) is 0 Å². The number of nitrogens with one attached hydrogen (secondary N) is 1. The van der Waals surface area contributed by atoms with E-state index >= 15 is 0 Å². The number of ketones is 1. The Labute approximate surface area is 162 Å². The fourth-order valence-corrected chi connectivity index (χ4v) is 3.15. The lowest BCUT2D eigenvalue weighted by atomic mass is 10.0. The van der Waals surface area contributed by atoms with Crippen molar-refractivity contribution in [2.45, 2.75) is 11.4 Å². The Morgan fingerprint density at radius 3 is 2.18 bits per heavy atom. The fourth-order valence-electron chi connectivity index (χ4n) is 2.59. The van der Waals surface area contributed by atoms with Crippen LogP contribution >= 0.6 is 0 Å². The van der Waals surface area contributed by atoms with Crippen LogP contribution in [-0.4, -0.2) is 20.1 Å². The van der Waals surface area contributed by atoms with Gasteiger partial charge in [0.2, 0.25) is 16.6 Å². The molecule has 142 valence electrons. The number of benzene rings is 2. The SMILES string of the molecule is NS(=O)(=O)c1cccc(NC(=O)C[n+]2ccc(C(=O)c3ccccc3)cc2)c1. The highest BCUT2D eigenvalue weighted by Gasteiger charge is 2.14. The van der Waals surface area contributed by atoms with Crippen molar-refractivity contribution < 1.29 is 22.6 Å². The van der Waals surface area contributed by atoms with E-state index in [4.69, 9.17) is 5.14 Å². The number of nitrogens with zero attached hydrogens (tertiary/aromatic N) is 1. The van der Waals surface area contributed by atoms with Gasteiger partial charge in [0, 0.05) is 28.9 Å². The zero-order chi connectivity index (χ0) is 20.1. The molecule has 1 amide bonds. The van der Waals surface area contributed by atoms with Gasteiger partial charge in [0.15, 0.2) is 18.2 Å². The van der Waals surface area contributed by atoms with Crippen LogP contribution in [0.4, 0.5) is 5.69 Å². The van der Waals surface area contributed by atoms with Crippen LogP contribution in [-0.2, 0) is 21.4 Å². The molecule has 3 N–H and O–H groups in total. The second kappa shape index (κ2) is 8.12. The van der Waals surface area contributed by atoms with Crippen LogP contribution in [0, 0.1) is 0 Å². The second-order valence-electron chi connectivity index (χ2n) is 6.08. The summed E-state index contributed by atoms with van der Waals surface area (Å²) in [6.45, 7) is -0.000585. The standard InChI is InChI=1S/C20H17N3O4S/c21-28(26,27)18-8-4-7-17(13-18)22-19(24)14-23-11-9-16(10-12-23)20(25)15-5-2-1-3-6-15/h1-13H,14H2,(H2-,21,22,24,26,27)/p+1. The monoisotopic (exact) mass is 396 g/mol. The number of sulfonamides is 1. The summed E-state index contributed by atoms with van der Waals surface area (Å²) in [5.41, 5.74) is 1.43. The normalized spacial score (nSPS) is 11.0. The molecule has 0 spiro atoms. The van der Waals surface area contributed by atoms with Crippen molar-refractivity contribution in [3.05, 3.63) is 90.3 Å². The van der Waals surface area contributed by atoms with E-state index in [1.54, 1.807) is 59.4 Å². The molecule has 0 aliphatic carbocycles. The Bertz CT molecular complexity index is 1110. The first kappa shape index (κ1) is 19.4. The highest BCUT2D eigenvalue weighted by Crippen LogP contribution is 2.14. The first-order chi connectivity index (χ1) is 13.3. The molecule has 0 fully saturated rings. The number of primary sulfonamides is 1. The largest absolute Gasteiger partial charge is 0.321 e. The van der Waals surface area contributed by atoms with Crippen molar-refractivity contribution in [1.29, 1.82) is 0 Å².